The summed E-state index contributed by atoms with van der Waals surface area (Å²) in [5, 5.41) is 9.07. The van der Waals surface area contributed by atoms with Crippen molar-refractivity contribution in [3.05, 3.63) is 28.8 Å². The number of benzene rings is 1. The fraction of sp³-hybridized carbons (Fsp3) is 0.417. The lowest BCUT2D eigenvalue weighted by Crippen LogP contribution is -2.09. The molecule has 0 saturated heterocycles. The summed E-state index contributed by atoms with van der Waals surface area (Å²) in [6.07, 6.45) is 0.588. The number of carboxylic acid groups (broad SMARTS) is 1. The van der Waals surface area contributed by atoms with Crippen LogP contribution in [0, 0.1) is 6.92 Å². The minimum atomic E-state index is -1.10. The van der Waals surface area contributed by atoms with Crippen molar-refractivity contribution >= 4 is 16.8 Å². The molecule has 16 heavy (non-hydrogen) atoms. The van der Waals surface area contributed by atoms with Gasteiger partial charge in [-0.3, -0.25) is 4.21 Å². The van der Waals surface area contributed by atoms with E-state index in [4.69, 9.17) is 5.11 Å². The third kappa shape index (κ3) is 2.32. The van der Waals surface area contributed by atoms with Gasteiger partial charge < -0.3 is 5.11 Å². The number of aryl methyl sites for hydroxylation is 1. The van der Waals surface area contributed by atoms with E-state index in [1.807, 2.05) is 20.8 Å². The maximum atomic E-state index is 11.9. The first-order chi connectivity index (χ1) is 7.52. The lowest BCUT2D eigenvalue weighted by atomic mass is 10.0. The molecule has 0 spiro atoms. The Kier molecular flexibility index (Phi) is 4.24. The van der Waals surface area contributed by atoms with Gasteiger partial charge in [-0.1, -0.05) is 19.9 Å². The van der Waals surface area contributed by atoms with E-state index in [1.54, 1.807) is 12.1 Å². The first kappa shape index (κ1) is 12.9. The molecule has 1 atom stereocenters. The summed E-state index contributed by atoms with van der Waals surface area (Å²) < 4.78 is 11.9. The lowest BCUT2D eigenvalue weighted by molar-refractivity contribution is 0.0695. The van der Waals surface area contributed by atoms with E-state index in [2.05, 4.69) is 0 Å². The van der Waals surface area contributed by atoms with Gasteiger partial charge in [0.15, 0.2) is 0 Å². The topological polar surface area (TPSA) is 54.4 Å². The minimum Gasteiger partial charge on any atom is -0.478 e. The van der Waals surface area contributed by atoms with Crippen LogP contribution in [-0.4, -0.2) is 21.0 Å². The van der Waals surface area contributed by atoms with Gasteiger partial charge in [-0.25, -0.2) is 4.79 Å². The molecule has 1 aromatic carbocycles. The molecule has 0 amide bonds. The van der Waals surface area contributed by atoms with Crippen LogP contribution in [0.1, 0.15) is 35.3 Å². The Balaban J connectivity index is 3.50. The summed E-state index contributed by atoms with van der Waals surface area (Å²) in [6.45, 7) is 5.59. The van der Waals surface area contributed by atoms with E-state index in [-0.39, 0.29) is 5.56 Å². The smallest absolute Gasteiger partial charge is 0.336 e. The van der Waals surface area contributed by atoms with Crippen LogP contribution in [0.15, 0.2) is 17.0 Å². The van der Waals surface area contributed by atoms with Crippen molar-refractivity contribution in [3.63, 3.8) is 0 Å². The van der Waals surface area contributed by atoms with Crippen LogP contribution in [0.25, 0.3) is 0 Å². The molecule has 1 N–H and O–H groups in total. The Hall–Kier alpha value is -1.16. The summed E-state index contributed by atoms with van der Waals surface area (Å²) in [6, 6.07) is 3.32. The minimum absolute atomic E-state index is 0.268. The second kappa shape index (κ2) is 5.25. The average Bonchev–Trinajstić information content (AvgIpc) is 2.26. The summed E-state index contributed by atoms with van der Waals surface area (Å²) >= 11 is 0. The molecule has 0 aliphatic carbocycles. The van der Waals surface area contributed by atoms with Gasteiger partial charge in [0, 0.05) is 10.6 Å². The molecule has 1 aromatic rings. The quantitative estimate of drug-likeness (QED) is 0.879. The van der Waals surface area contributed by atoms with Gasteiger partial charge in [0.25, 0.3) is 0 Å². The largest absolute Gasteiger partial charge is 0.478 e. The zero-order valence-electron chi connectivity index (χ0n) is 9.74. The Morgan fingerprint density at radius 2 is 2.00 bits per heavy atom. The fourth-order valence-corrected chi connectivity index (χ4v) is 3.00. The molecule has 0 aliphatic rings. The number of rotatable bonds is 4. The zero-order chi connectivity index (χ0) is 12.3. The van der Waals surface area contributed by atoms with Gasteiger partial charge >= 0.3 is 5.97 Å². The van der Waals surface area contributed by atoms with Crippen molar-refractivity contribution in [2.75, 3.05) is 5.75 Å². The summed E-state index contributed by atoms with van der Waals surface area (Å²) in [5.74, 6) is -0.442. The summed E-state index contributed by atoms with van der Waals surface area (Å²) in [7, 11) is -1.10. The number of hydrogen-bond acceptors (Lipinski definition) is 2. The SMILES string of the molecule is CCc1c(C(=O)O)ccc(C)c1[S@](=O)CC. The Bertz CT molecular complexity index is 438. The molecular formula is C12H16O3S. The molecule has 0 radical (unpaired) electrons. The van der Waals surface area contributed by atoms with Crippen molar-refractivity contribution < 1.29 is 14.1 Å². The zero-order valence-corrected chi connectivity index (χ0v) is 10.6. The summed E-state index contributed by atoms with van der Waals surface area (Å²) in [4.78, 5) is 11.8. The van der Waals surface area contributed by atoms with Crippen LogP contribution in [0.3, 0.4) is 0 Å². The number of carboxylic acids is 1. The molecule has 4 heteroatoms. The van der Waals surface area contributed by atoms with Crippen LogP contribution in [0.4, 0.5) is 0 Å². The van der Waals surface area contributed by atoms with Gasteiger partial charge in [-0.05, 0) is 30.5 Å². The third-order valence-electron chi connectivity index (χ3n) is 2.53. The molecule has 88 valence electrons. The molecule has 1 rings (SSSR count). The van der Waals surface area contributed by atoms with Crippen LogP contribution < -0.4 is 0 Å². The second-order valence-electron chi connectivity index (χ2n) is 3.53. The van der Waals surface area contributed by atoms with Crippen molar-refractivity contribution in [1.29, 1.82) is 0 Å². The van der Waals surface area contributed by atoms with Crippen LogP contribution in [0.2, 0.25) is 0 Å². The van der Waals surface area contributed by atoms with Crippen LogP contribution in [-0.2, 0) is 17.2 Å². The first-order valence-electron chi connectivity index (χ1n) is 5.27. The highest BCUT2D eigenvalue weighted by Gasteiger charge is 2.17. The Labute approximate surface area is 98.0 Å². The highest BCUT2D eigenvalue weighted by molar-refractivity contribution is 7.85. The molecule has 0 saturated carbocycles. The van der Waals surface area contributed by atoms with Crippen molar-refractivity contribution in [1.82, 2.24) is 0 Å². The van der Waals surface area contributed by atoms with Gasteiger partial charge in [0.1, 0.15) is 0 Å². The Morgan fingerprint density at radius 1 is 1.38 bits per heavy atom. The summed E-state index contributed by atoms with van der Waals surface area (Å²) in [5.41, 5.74) is 1.87. The van der Waals surface area contributed by atoms with E-state index in [1.165, 1.54) is 0 Å². The van der Waals surface area contributed by atoms with Crippen molar-refractivity contribution in [3.8, 4) is 0 Å². The normalized spacial score (nSPS) is 12.4. The monoisotopic (exact) mass is 240 g/mol. The van der Waals surface area contributed by atoms with E-state index in [0.29, 0.717) is 22.6 Å². The van der Waals surface area contributed by atoms with Crippen LogP contribution >= 0.6 is 0 Å². The molecule has 0 aromatic heterocycles. The maximum absolute atomic E-state index is 11.9. The molecule has 0 heterocycles. The van der Waals surface area contributed by atoms with Gasteiger partial charge in [0.2, 0.25) is 0 Å². The highest BCUT2D eigenvalue weighted by atomic mass is 32.2. The van der Waals surface area contributed by atoms with Crippen LogP contribution in [0.5, 0.6) is 0 Å². The second-order valence-corrected chi connectivity index (χ2v) is 5.21. The number of hydrogen-bond donors (Lipinski definition) is 1. The third-order valence-corrected chi connectivity index (χ3v) is 4.08. The van der Waals surface area contributed by atoms with Crippen molar-refractivity contribution in [2.24, 2.45) is 0 Å². The number of aromatic carboxylic acids is 1. The molecule has 0 fully saturated rings. The predicted octanol–water partition coefficient (Wildman–Crippen LogP) is 2.38. The average molecular weight is 240 g/mol. The standard InChI is InChI=1S/C12H16O3S/c1-4-9-10(12(13)14)7-6-8(3)11(9)16(15)5-2/h6-7H,4-5H2,1-3H3,(H,13,14)/t16-/m1/s1. The van der Waals surface area contributed by atoms with Crippen molar-refractivity contribution in [2.45, 2.75) is 32.1 Å². The molecular weight excluding hydrogens is 224 g/mol. The first-order valence-corrected chi connectivity index (χ1v) is 6.58. The fourth-order valence-electron chi connectivity index (χ4n) is 1.76. The van der Waals surface area contributed by atoms with E-state index >= 15 is 0 Å². The highest BCUT2D eigenvalue weighted by Crippen LogP contribution is 2.23. The van der Waals surface area contributed by atoms with Gasteiger partial charge in [0.05, 0.1) is 16.4 Å². The van der Waals surface area contributed by atoms with E-state index in [0.717, 1.165) is 5.56 Å². The molecule has 0 aliphatic heterocycles. The molecule has 3 nitrogen and oxygen atoms in total. The maximum Gasteiger partial charge on any atom is 0.336 e. The lowest BCUT2D eigenvalue weighted by Gasteiger charge is -2.12. The van der Waals surface area contributed by atoms with Gasteiger partial charge in [-0.2, -0.15) is 0 Å². The predicted molar refractivity (Wildman–Crippen MR) is 64.5 cm³/mol. The van der Waals surface area contributed by atoms with Gasteiger partial charge in [-0.15, -0.1) is 0 Å². The Morgan fingerprint density at radius 3 is 2.44 bits per heavy atom. The molecule has 0 unspecified atom stereocenters. The van der Waals surface area contributed by atoms with E-state index < -0.39 is 16.8 Å². The number of carbonyl (C=O) groups is 1. The van der Waals surface area contributed by atoms with E-state index in [9.17, 15) is 9.00 Å². The molecule has 0 bridgehead atoms.